The smallest absolute Gasteiger partial charge is 0.134 e. The van der Waals surface area contributed by atoms with Crippen LogP contribution in [-0.4, -0.2) is 17.8 Å². The molecule has 0 fully saturated rings. The van der Waals surface area contributed by atoms with E-state index in [9.17, 15) is 0 Å². The molecule has 19 heavy (non-hydrogen) atoms. The summed E-state index contributed by atoms with van der Waals surface area (Å²) >= 11 is 5.94. The molecule has 2 aromatic rings. The Labute approximate surface area is 124 Å². The van der Waals surface area contributed by atoms with Crippen LogP contribution in [0.5, 0.6) is 0 Å². The minimum Gasteiger partial charge on any atom is -1.00 e. The molecule has 1 atom stereocenters. The lowest BCUT2D eigenvalue weighted by molar-refractivity contribution is -0.00000646. The molecule has 1 aromatic heterocycles. The van der Waals surface area contributed by atoms with E-state index in [0.29, 0.717) is 18.1 Å². The quantitative estimate of drug-likeness (QED) is 0.822. The molecule has 0 amide bonds. The number of nitrogens with one attached hydrogen (secondary N) is 1. The van der Waals surface area contributed by atoms with Gasteiger partial charge in [-0.1, -0.05) is 23.7 Å². The van der Waals surface area contributed by atoms with Gasteiger partial charge < -0.3 is 27.2 Å². The van der Waals surface area contributed by atoms with Crippen LogP contribution in [-0.2, 0) is 6.54 Å². The lowest BCUT2D eigenvalue weighted by Gasteiger charge is -2.04. The van der Waals surface area contributed by atoms with E-state index in [1.54, 1.807) is 6.92 Å². The fourth-order valence-electron chi connectivity index (χ4n) is 1.67. The maximum Gasteiger partial charge on any atom is 0.134 e. The van der Waals surface area contributed by atoms with Crippen LogP contribution in [0, 0.1) is 0 Å². The first kappa shape index (κ1) is 16.1. The van der Waals surface area contributed by atoms with Gasteiger partial charge in [0.25, 0.3) is 0 Å². The van der Waals surface area contributed by atoms with E-state index in [1.807, 2.05) is 36.4 Å². The molecule has 0 aliphatic rings. The maximum atomic E-state index is 9.14. The summed E-state index contributed by atoms with van der Waals surface area (Å²) in [5, 5.41) is 12.9. The number of hydrogen-bond acceptors (Lipinski definition) is 3. The van der Waals surface area contributed by atoms with Gasteiger partial charge in [-0.05, 0) is 31.2 Å². The Morgan fingerprint density at radius 2 is 2.11 bits per heavy atom. The monoisotopic (exact) mass is 300 g/mol. The van der Waals surface area contributed by atoms with Crippen molar-refractivity contribution in [1.29, 1.82) is 0 Å². The highest BCUT2D eigenvalue weighted by Crippen LogP contribution is 2.24. The Kier molecular flexibility index (Phi) is 6.38. The zero-order chi connectivity index (χ0) is 13.0. The lowest BCUT2D eigenvalue weighted by atomic mass is 10.2. The molecule has 1 aromatic carbocycles. The first-order valence-corrected chi connectivity index (χ1v) is 6.26. The Hall–Kier alpha value is -1.000. The molecule has 1 unspecified atom stereocenters. The Balaban J connectivity index is 0.00000180. The maximum absolute atomic E-state index is 9.14. The van der Waals surface area contributed by atoms with Crippen LogP contribution >= 0.6 is 11.6 Å². The largest absolute Gasteiger partial charge is 1.00 e. The molecule has 3 nitrogen and oxygen atoms in total. The Morgan fingerprint density at radius 1 is 1.32 bits per heavy atom. The fourth-order valence-corrected chi connectivity index (χ4v) is 1.86. The van der Waals surface area contributed by atoms with Gasteiger partial charge in [-0.25, -0.2) is 0 Å². The number of aliphatic hydroxyl groups excluding tert-OH is 1. The standard InChI is InChI=1S/C14H16ClNO2.ClH/c1-10(17)8-16-9-13-5-6-14(18-13)11-3-2-4-12(15)7-11;/h2-7,10,16-17H,8-9H2,1H3;1H/p-1. The van der Waals surface area contributed by atoms with Crippen molar-refractivity contribution in [3.8, 4) is 11.3 Å². The Morgan fingerprint density at radius 3 is 2.79 bits per heavy atom. The van der Waals surface area contributed by atoms with Gasteiger partial charge in [0.1, 0.15) is 11.5 Å². The number of rotatable bonds is 5. The van der Waals surface area contributed by atoms with Gasteiger partial charge in [0, 0.05) is 17.1 Å². The SMILES string of the molecule is CC(O)CNCc1ccc(-c2cccc(Cl)c2)o1.[Cl-]. The zero-order valence-electron chi connectivity index (χ0n) is 10.6. The van der Waals surface area contributed by atoms with Crippen LogP contribution in [0.3, 0.4) is 0 Å². The number of halogens is 2. The molecule has 0 aliphatic heterocycles. The summed E-state index contributed by atoms with van der Waals surface area (Å²) in [6.07, 6.45) is -0.354. The molecule has 0 radical (unpaired) electrons. The zero-order valence-corrected chi connectivity index (χ0v) is 12.1. The van der Waals surface area contributed by atoms with Gasteiger partial charge in [0.2, 0.25) is 0 Å². The number of aliphatic hydroxyl groups is 1. The highest BCUT2D eigenvalue weighted by Gasteiger charge is 2.05. The molecule has 104 valence electrons. The van der Waals surface area contributed by atoms with E-state index in [2.05, 4.69) is 5.32 Å². The van der Waals surface area contributed by atoms with Crippen molar-refractivity contribution in [2.24, 2.45) is 0 Å². The molecule has 1 heterocycles. The van der Waals surface area contributed by atoms with Gasteiger partial charge in [0.05, 0.1) is 12.6 Å². The van der Waals surface area contributed by atoms with Gasteiger partial charge in [-0.15, -0.1) is 0 Å². The van der Waals surface area contributed by atoms with E-state index < -0.39 is 0 Å². The van der Waals surface area contributed by atoms with Crippen LogP contribution in [0.4, 0.5) is 0 Å². The van der Waals surface area contributed by atoms with Crippen molar-refractivity contribution >= 4 is 11.6 Å². The molecular formula is C14H16Cl2NO2-. The van der Waals surface area contributed by atoms with Crippen molar-refractivity contribution in [1.82, 2.24) is 5.32 Å². The minimum atomic E-state index is -0.354. The van der Waals surface area contributed by atoms with Crippen molar-refractivity contribution in [2.45, 2.75) is 19.6 Å². The van der Waals surface area contributed by atoms with Gasteiger partial charge in [-0.3, -0.25) is 0 Å². The number of furan rings is 1. The van der Waals surface area contributed by atoms with Crippen LogP contribution < -0.4 is 17.7 Å². The molecule has 0 spiro atoms. The number of hydrogen-bond donors (Lipinski definition) is 2. The molecule has 2 N–H and O–H groups in total. The third-order valence-electron chi connectivity index (χ3n) is 2.51. The van der Waals surface area contributed by atoms with Gasteiger partial charge >= 0.3 is 0 Å². The minimum absolute atomic E-state index is 0. The summed E-state index contributed by atoms with van der Waals surface area (Å²) in [6.45, 7) is 2.89. The van der Waals surface area contributed by atoms with Crippen molar-refractivity contribution in [2.75, 3.05) is 6.54 Å². The average Bonchev–Trinajstić information content (AvgIpc) is 2.77. The average molecular weight is 301 g/mol. The van der Waals surface area contributed by atoms with Crippen LogP contribution in [0.15, 0.2) is 40.8 Å². The van der Waals surface area contributed by atoms with Crippen LogP contribution in [0.25, 0.3) is 11.3 Å². The fraction of sp³-hybridized carbons (Fsp3) is 0.286. The topological polar surface area (TPSA) is 45.4 Å². The normalized spacial score (nSPS) is 11.9. The summed E-state index contributed by atoms with van der Waals surface area (Å²) in [5.74, 6) is 1.64. The van der Waals surface area contributed by atoms with Crippen molar-refractivity contribution < 1.29 is 21.9 Å². The second kappa shape index (κ2) is 7.56. The summed E-state index contributed by atoms with van der Waals surface area (Å²) in [5.41, 5.74) is 0.962. The molecule has 0 bridgehead atoms. The highest BCUT2D eigenvalue weighted by molar-refractivity contribution is 6.30. The predicted octanol–water partition coefficient (Wildman–Crippen LogP) is 0.0744. The second-order valence-corrected chi connectivity index (χ2v) is 4.69. The summed E-state index contributed by atoms with van der Waals surface area (Å²) < 4.78 is 5.70. The molecule has 5 heteroatoms. The molecule has 0 saturated carbocycles. The third-order valence-corrected chi connectivity index (χ3v) is 2.74. The van der Waals surface area contributed by atoms with E-state index in [-0.39, 0.29) is 18.5 Å². The third kappa shape index (κ3) is 4.88. The first-order chi connectivity index (χ1) is 8.65. The summed E-state index contributed by atoms with van der Waals surface area (Å²) in [6, 6.07) is 11.4. The molecular weight excluding hydrogens is 285 g/mol. The summed E-state index contributed by atoms with van der Waals surface area (Å²) in [4.78, 5) is 0. The van der Waals surface area contributed by atoms with Crippen LogP contribution in [0.1, 0.15) is 12.7 Å². The Bertz CT molecular complexity index is 512. The lowest BCUT2D eigenvalue weighted by Crippen LogP contribution is -3.00. The highest BCUT2D eigenvalue weighted by atomic mass is 35.5. The van der Waals surface area contributed by atoms with Gasteiger partial charge in [0.15, 0.2) is 0 Å². The van der Waals surface area contributed by atoms with Crippen molar-refractivity contribution in [3.63, 3.8) is 0 Å². The van der Waals surface area contributed by atoms with Crippen LogP contribution in [0.2, 0.25) is 5.02 Å². The van der Waals surface area contributed by atoms with E-state index >= 15 is 0 Å². The molecule has 2 rings (SSSR count). The molecule has 0 aliphatic carbocycles. The first-order valence-electron chi connectivity index (χ1n) is 5.88. The predicted molar refractivity (Wildman–Crippen MR) is 72.5 cm³/mol. The van der Waals surface area contributed by atoms with Gasteiger partial charge in [-0.2, -0.15) is 0 Å². The van der Waals surface area contributed by atoms with E-state index in [4.69, 9.17) is 21.1 Å². The molecule has 0 saturated heterocycles. The number of benzene rings is 1. The second-order valence-electron chi connectivity index (χ2n) is 4.26. The summed E-state index contributed by atoms with van der Waals surface area (Å²) in [7, 11) is 0. The van der Waals surface area contributed by atoms with E-state index in [0.717, 1.165) is 17.1 Å². The van der Waals surface area contributed by atoms with Crippen molar-refractivity contribution in [3.05, 3.63) is 47.2 Å². The van der Waals surface area contributed by atoms with E-state index in [1.165, 1.54) is 0 Å².